The summed E-state index contributed by atoms with van der Waals surface area (Å²) in [6.45, 7) is 11.9. The van der Waals surface area contributed by atoms with Crippen molar-refractivity contribution in [3.05, 3.63) is 352 Å². The van der Waals surface area contributed by atoms with E-state index in [0.717, 1.165) is 91.7 Å². The van der Waals surface area contributed by atoms with Gasteiger partial charge in [0.1, 0.15) is 44.2 Å². The molecule has 0 bridgehead atoms. The van der Waals surface area contributed by atoms with Gasteiger partial charge in [0.25, 0.3) is 0 Å². The van der Waals surface area contributed by atoms with Crippen LogP contribution in [0.5, 0.6) is 0 Å². The first-order chi connectivity index (χ1) is 57.4. The zero-order chi connectivity index (χ0) is 82.4. The van der Waals surface area contributed by atoms with Gasteiger partial charge in [-0.15, -0.1) is 11.8 Å². The Morgan fingerprint density at radius 1 is 0.390 bits per heavy atom. The van der Waals surface area contributed by atoms with Crippen molar-refractivity contribution >= 4 is 81.3 Å². The number of aryl methyl sites for hydroxylation is 1. The highest BCUT2D eigenvalue weighted by molar-refractivity contribution is 8.00. The molecule has 0 aliphatic heterocycles. The topological polar surface area (TPSA) is 247 Å². The Balaban J connectivity index is 0.000000136. The highest BCUT2D eigenvalue weighted by Crippen LogP contribution is 2.34. The van der Waals surface area contributed by atoms with Crippen molar-refractivity contribution in [3.63, 3.8) is 0 Å². The van der Waals surface area contributed by atoms with Crippen LogP contribution < -0.4 is 26.6 Å². The summed E-state index contributed by atoms with van der Waals surface area (Å²) in [6, 6.07) is 83.1. The molecule has 1 aliphatic carbocycles. The number of rotatable bonds is 22. The molecule has 23 heteroatoms. The van der Waals surface area contributed by atoms with Gasteiger partial charge in [0.15, 0.2) is 5.82 Å². The number of hydrogen-bond acceptors (Lipinski definition) is 12. The zero-order valence-corrected chi connectivity index (χ0v) is 67.9. The molecule has 0 saturated carbocycles. The third-order valence-corrected chi connectivity index (χ3v) is 19.9. The zero-order valence-electron chi connectivity index (χ0n) is 66.4. The summed E-state index contributed by atoms with van der Waals surface area (Å²) < 4.78 is 9.29. The number of carbonyl (C=O) groups excluding carboxylic acids is 5. The summed E-state index contributed by atoms with van der Waals surface area (Å²) in [6.07, 6.45) is 25.0. The lowest BCUT2D eigenvalue weighted by Gasteiger charge is -2.17. The minimum absolute atomic E-state index is 0.0155. The number of benzene rings is 9. The first-order valence-corrected chi connectivity index (χ1v) is 40.0. The monoisotopic (exact) mass is 1600 g/mol. The molecule has 1 aliphatic rings. The number of aromatic nitrogens is 11. The maximum Gasteiger partial charge on any atom is 0.244 e. The maximum atomic E-state index is 12.4. The maximum absolute atomic E-state index is 12.4. The second-order valence-corrected chi connectivity index (χ2v) is 31.3. The van der Waals surface area contributed by atoms with E-state index < -0.39 is 0 Å². The van der Waals surface area contributed by atoms with Crippen molar-refractivity contribution in [2.24, 2.45) is 0 Å². The molecule has 5 N–H and O–H groups in total. The highest BCUT2D eigenvalue weighted by Gasteiger charge is 2.19. The molecule has 0 atom stereocenters. The van der Waals surface area contributed by atoms with E-state index in [9.17, 15) is 24.0 Å². The molecule has 0 unspecified atom stereocenters. The van der Waals surface area contributed by atoms with Gasteiger partial charge in [0.2, 0.25) is 29.5 Å². The number of thioether (sulfide) groups is 1. The van der Waals surface area contributed by atoms with Crippen molar-refractivity contribution in [1.82, 2.24) is 52.7 Å². The van der Waals surface area contributed by atoms with Crippen LogP contribution in [0.4, 0.5) is 28.4 Å². The molecule has 16 rings (SSSR count). The van der Waals surface area contributed by atoms with Crippen LogP contribution in [0, 0.1) is 0 Å². The summed E-state index contributed by atoms with van der Waals surface area (Å²) in [5.74, 6) is 1.52. The Morgan fingerprint density at radius 2 is 0.797 bits per heavy atom. The van der Waals surface area contributed by atoms with Crippen molar-refractivity contribution in [2.75, 3.05) is 26.6 Å². The molecule has 0 spiro atoms. The van der Waals surface area contributed by atoms with E-state index in [4.69, 9.17) is 11.6 Å². The van der Waals surface area contributed by atoms with Gasteiger partial charge in [-0.05, 0) is 150 Å². The fraction of sp³-hybridized carbons (Fsp3) is 0.168. The number of carbonyl (C=O) groups is 5. The van der Waals surface area contributed by atoms with E-state index in [1.54, 1.807) is 88.3 Å². The van der Waals surface area contributed by atoms with Gasteiger partial charge in [-0.25, -0.2) is 24.9 Å². The number of amides is 5. The largest absolute Gasteiger partial charge is 0.328 e. The number of hydrogen-bond donors (Lipinski definition) is 5. The smallest absolute Gasteiger partial charge is 0.244 e. The van der Waals surface area contributed by atoms with E-state index in [1.165, 1.54) is 29.0 Å². The number of halogens is 1. The van der Waals surface area contributed by atoms with E-state index in [-0.39, 0.29) is 66.4 Å². The van der Waals surface area contributed by atoms with Gasteiger partial charge in [-0.3, -0.25) is 29.0 Å². The molecule has 596 valence electrons. The molecule has 9 aromatic carbocycles. The van der Waals surface area contributed by atoms with Crippen LogP contribution in [0.2, 0.25) is 5.02 Å². The minimum atomic E-state index is -0.124. The van der Waals surface area contributed by atoms with Gasteiger partial charge in [-0.1, -0.05) is 216 Å². The van der Waals surface area contributed by atoms with Gasteiger partial charge in [0.05, 0.1) is 29.7 Å². The summed E-state index contributed by atoms with van der Waals surface area (Å²) in [5, 5.41) is 15.1. The minimum Gasteiger partial charge on any atom is -0.328 e. The Labute approximate surface area is 696 Å². The van der Waals surface area contributed by atoms with Crippen LogP contribution in [-0.4, -0.2) is 87.0 Å². The van der Waals surface area contributed by atoms with Crippen molar-refractivity contribution in [1.29, 1.82) is 0 Å². The fourth-order valence-electron chi connectivity index (χ4n) is 12.9. The van der Waals surface area contributed by atoms with Crippen LogP contribution in [0.25, 0.3) is 56.0 Å². The second kappa shape index (κ2) is 42.0. The van der Waals surface area contributed by atoms with Gasteiger partial charge < -0.3 is 49.4 Å². The molecule has 5 amide bonds. The van der Waals surface area contributed by atoms with Gasteiger partial charge >= 0.3 is 0 Å². The molecule has 0 radical (unpaired) electrons. The lowest BCUT2D eigenvalue weighted by Crippen LogP contribution is -2.20. The molecule has 0 fully saturated rings. The summed E-state index contributed by atoms with van der Waals surface area (Å²) in [5.41, 5.74) is 15.8. The van der Waals surface area contributed by atoms with Gasteiger partial charge in [-0.2, -0.15) is 0 Å². The van der Waals surface area contributed by atoms with Crippen molar-refractivity contribution < 1.29 is 24.0 Å². The standard InChI is InChI=1S/C22H18N4O.C21H21N3O.C20H21N3O.C17H14ClN3O.C15H19N3OS/c27-21(16-26-15-14-24-22(26)20-8-4-5-13-23-20)25-19-11-9-18(10-12-19)17-6-2-1-3-7-17;25-21(14-24-15-22-19-8-4-5-9-20(19)24)23-18-12-10-17(11-13-18)16-6-2-1-3-7-16;1-15(2)20-21-12-13-23(20)14-19(24)22-18-10-8-17(9-11-18)16-6-4-3-5-7-16;18-16-10-14(20-17(22)11-21-9-8-19-12-21)6-7-15(16)13-4-2-1-3-5-13;1-15(2,3)20-13-6-4-12(5-7-13)17-14(19)10-18-9-8-16-11-18/h1-15H,16H2,(H,25,27);1-3,6-7,10-13,15H,4-5,8-9,14H2,(H,23,25);3-13,15H,14H2,1-2H3,(H,22,24);1-10,12H,11H2,(H,20,22);4-9,11H,10H2,1-3H3,(H,17,19). The molecule has 0 saturated heterocycles. The lowest BCUT2D eigenvalue weighted by atomic mass is 10.0. The number of pyridine rings is 1. The molecule has 6 heterocycles. The lowest BCUT2D eigenvalue weighted by molar-refractivity contribution is -0.117. The Hall–Kier alpha value is -13.8. The number of nitrogens with one attached hydrogen (secondary N) is 5. The van der Waals surface area contributed by atoms with Crippen LogP contribution in [0.1, 0.15) is 70.6 Å². The van der Waals surface area contributed by atoms with Crippen LogP contribution in [0.3, 0.4) is 0 Å². The number of fused-ring (bicyclic) bond motifs is 1. The molecule has 6 aromatic heterocycles. The Kier molecular flexibility index (Phi) is 29.7. The molecular weight excluding hydrogens is 1510 g/mol. The van der Waals surface area contributed by atoms with Crippen LogP contribution in [0.15, 0.2) is 334 Å². The predicted molar refractivity (Wildman–Crippen MR) is 473 cm³/mol. The number of imidazole rings is 5. The summed E-state index contributed by atoms with van der Waals surface area (Å²) in [7, 11) is 0. The average Bonchev–Trinajstić information content (AvgIpc) is 1.51. The molecular formula is C95H93ClN16O5S. The number of anilines is 5. The van der Waals surface area contributed by atoms with Crippen molar-refractivity contribution in [3.8, 4) is 56.0 Å². The molecule has 21 nitrogen and oxygen atoms in total. The van der Waals surface area contributed by atoms with E-state index in [0.29, 0.717) is 23.1 Å². The third kappa shape index (κ3) is 25.6. The summed E-state index contributed by atoms with van der Waals surface area (Å²) >= 11 is 8.13. The van der Waals surface area contributed by atoms with E-state index >= 15 is 0 Å². The van der Waals surface area contributed by atoms with E-state index in [2.05, 4.69) is 128 Å². The van der Waals surface area contributed by atoms with Crippen molar-refractivity contribution in [2.45, 2.75) is 109 Å². The molecule has 15 aromatic rings. The normalized spacial score (nSPS) is 11.3. The summed E-state index contributed by atoms with van der Waals surface area (Å²) in [4.78, 5) is 87.2. The Morgan fingerprint density at radius 3 is 1.25 bits per heavy atom. The number of nitrogens with zero attached hydrogens (tertiary/aromatic N) is 11. The SMILES string of the molecule is CC(C)(C)Sc1ccc(NC(=O)Cn2ccnc2)cc1.CC(C)c1nccn1CC(=O)Nc1ccc(-c2ccccc2)cc1.O=C(Cn1ccnc1)Nc1ccc(-c2ccccc2)c(Cl)c1.O=C(Cn1ccnc1-c1ccccn1)Nc1ccc(-c2ccccc2)cc1.O=C(Cn1cnc2c1CCCC2)Nc1ccc(-c2ccccc2)cc1. The predicted octanol–water partition coefficient (Wildman–Crippen LogP) is 19.9. The van der Waals surface area contributed by atoms with Gasteiger partial charge in [0, 0.05) is 111 Å². The quantitative estimate of drug-likeness (QED) is 0.0398. The first-order valence-electron chi connectivity index (χ1n) is 38.8. The van der Waals surface area contributed by atoms with Crippen LogP contribution in [-0.2, 0) is 69.5 Å². The van der Waals surface area contributed by atoms with E-state index in [1.807, 2.05) is 239 Å². The van der Waals surface area contributed by atoms with Crippen LogP contribution >= 0.6 is 23.4 Å². The highest BCUT2D eigenvalue weighted by atomic mass is 35.5. The average molecular weight is 1610 g/mol. The molecule has 118 heavy (non-hydrogen) atoms. The third-order valence-electron chi connectivity index (χ3n) is 18.4. The second-order valence-electron chi connectivity index (χ2n) is 29.0. The Bertz CT molecular complexity index is 5650. The first kappa shape index (κ1) is 83.6. The fourth-order valence-corrected chi connectivity index (χ4v) is 14.1.